The van der Waals surface area contributed by atoms with Gasteiger partial charge in [0.1, 0.15) is 5.82 Å². The average molecular weight is 479 g/mol. The number of fused-ring (bicyclic) bond motifs is 1. The Hall–Kier alpha value is -3.45. The van der Waals surface area contributed by atoms with Crippen LogP contribution in [0.25, 0.3) is 10.9 Å². The van der Waals surface area contributed by atoms with Crippen molar-refractivity contribution in [1.29, 1.82) is 0 Å². The number of carbonyl (C=O) groups is 1. The van der Waals surface area contributed by atoms with Crippen LogP contribution in [0.3, 0.4) is 0 Å². The number of nitrogens with one attached hydrogen (secondary N) is 2. The lowest BCUT2D eigenvalue weighted by atomic mass is 10.2. The Morgan fingerprint density at radius 3 is 2.55 bits per heavy atom. The van der Waals surface area contributed by atoms with Crippen molar-refractivity contribution in [3.05, 3.63) is 100 Å². The van der Waals surface area contributed by atoms with Crippen LogP contribution >= 0.6 is 15.9 Å². The van der Waals surface area contributed by atoms with Crippen LogP contribution in [0.1, 0.15) is 11.1 Å². The van der Waals surface area contributed by atoms with Crippen LogP contribution in [-0.4, -0.2) is 23.2 Å². The highest BCUT2D eigenvalue weighted by atomic mass is 79.9. The van der Waals surface area contributed by atoms with E-state index < -0.39 is 0 Å². The van der Waals surface area contributed by atoms with Crippen molar-refractivity contribution in [3.8, 4) is 0 Å². The van der Waals surface area contributed by atoms with Gasteiger partial charge in [-0.05, 0) is 48.0 Å². The van der Waals surface area contributed by atoms with Gasteiger partial charge < -0.3 is 9.88 Å². The maximum absolute atomic E-state index is 13.2. The first-order valence-electron chi connectivity index (χ1n) is 9.72. The molecule has 2 N–H and O–H groups in total. The van der Waals surface area contributed by atoms with Gasteiger partial charge in [-0.15, -0.1) is 0 Å². The van der Waals surface area contributed by atoms with E-state index >= 15 is 0 Å². The van der Waals surface area contributed by atoms with Crippen molar-refractivity contribution in [1.82, 2.24) is 9.99 Å². The van der Waals surface area contributed by atoms with Crippen molar-refractivity contribution in [2.45, 2.75) is 6.54 Å². The van der Waals surface area contributed by atoms with E-state index in [-0.39, 0.29) is 18.3 Å². The zero-order valence-corrected chi connectivity index (χ0v) is 18.1. The molecule has 1 aromatic heterocycles. The number of para-hydroxylation sites is 1. The zero-order chi connectivity index (χ0) is 21.6. The molecule has 0 radical (unpaired) electrons. The molecule has 0 spiro atoms. The van der Waals surface area contributed by atoms with Gasteiger partial charge in [-0.2, -0.15) is 5.10 Å². The van der Waals surface area contributed by atoms with Crippen LogP contribution < -0.4 is 10.7 Å². The lowest BCUT2D eigenvalue weighted by Crippen LogP contribution is -2.25. The fourth-order valence-corrected chi connectivity index (χ4v) is 3.52. The predicted octanol–water partition coefficient (Wildman–Crippen LogP) is 5.15. The number of hydrogen-bond acceptors (Lipinski definition) is 3. The highest BCUT2D eigenvalue weighted by molar-refractivity contribution is 9.10. The molecule has 0 bridgehead atoms. The Morgan fingerprint density at radius 2 is 1.77 bits per heavy atom. The van der Waals surface area contributed by atoms with Crippen LogP contribution in [0.2, 0.25) is 0 Å². The van der Waals surface area contributed by atoms with Gasteiger partial charge in [0.05, 0.1) is 12.8 Å². The van der Waals surface area contributed by atoms with Crippen LogP contribution in [0, 0.1) is 5.82 Å². The summed E-state index contributed by atoms with van der Waals surface area (Å²) in [6.45, 7) is 0.726. The van der Waals surface area contributed by atoms with Crippen molar-refractivity contribution >= 4 is 44.6 Å². The minimum absolute atomic E-state index is 0.116. The summed E-state index contributed by atoms with van der Waals surface area (Å²) in [5.74, 6) is -0.492. The Kier molecular flexibility index (Phi) is 6.43. The predicted molar refractivity (Wildman–Crippen MR) is 126 cm³/mol. The van der Waals surface area contributed by atoms with E-state index in [0.29, 0.717) is 6.54 Å². The van der Waals surface area contributed by atoms with E-state index in [0.717, 1.165) is 32.2 Å². The monoisotopic (exact) mass is 478 g/mol. The molecular weight excluding hydrogens is 459 g/mol. The van der Waals surface area contributed by atoms with Gasteiger partial charge in [-0.1, -0.05) is 46.3 Å². The van der Waals surface area contributed by atoms with Crippen molar-refractivity contribution in [2.24, 2.45) is 5.10 Å². The maximum Gasteiger partial charge on any atom is 0.259 e. The summed E-state index contributed by atoms with van der Waals surface area (Å²) in [5.41, 5.74) is 6.33. The SMILES string of the molecule is O=C(CNc1ccc(Br)cc1)N/N=C\c1cn(Cc2ccc(F)cc2)c2ccccc12. The standard InChI is InChI=1S/C24H20BrFN4O/c25-19-7-11-21(12-8-19)27-14-24(31)29-28-13-18-16-30(23-4-2-1-3-22(18)23)15-17-5-9-20(26)10-6-17/h1-13,16,27H,14-15H2,(H,29,31)/b28-13-. The van der Waals surface area contributed by atoms with E-state index in [2.05, 4.69) is 36.3 Å². The lowest BCUT2D eigenvalue weighted by molar-refractivity contribution is -0.119. The lowest BCUT2D eigenvalue weighted by Gasteiger charge is -2.05. The number of nitrogens with zero attached hydrogens (tertiary/aromatic N) is 2. The second kappa shape index (κ2) is 9.57. The molecule has 0 saturated carbocycles. The van der Waals surface area contributed by atoms with Gasteiger partial charge in [0.25, 0.3) is 5.91 Å². The van der Waals surface area contributed by atoms with E-state index in [1.807, 2.05) is 54.7 Å². The maximum atomic E-state index is 13.2. The Labute approximate surface area is 187 Å². The summed E-state index contributed by atoms with van der Waals surface area (Å²) < 4.78 is 16.3. The summed E-state index contributed by atoms with van der Waals surface area (Å²) in [5, 5.41) is 8.19. The first-order chi connectivity index (χ1) is 15.1. The van der Waals surface area contributed by atoms with Crippen molar-refractivity contribution in [3.63, 3.8) is 0 Å². The molecule has 7 heteroatoms. The third-order valence-electron chi connectivity index (χ3n) is 4.78. The second-order valence-corrected chi connectivity index (χ2v) is 7.93. The fourth-order valence-electron chi connectivity index (χ4n) is 3.26. The van der Waals surface area contributed by atoms with Crippen LogP contribution in [0.5, 0.6) is 0 Å². The minimum atomic E-state index is -0.251. The number of anilines is 1. The first kappa shape index (κ1) is 20.8. The molecule has 0 unspecified atom stereocenters. The fraction of sp³-hybridized carbons (Fsp3) is 0.0833. The second-order valence-electron chi connectivity index (χ2n) is 7.01. The van der Waals surface area contributed by atoms with E-state index in [1.54, 1.807) is 18.3 Å². The largest absolute Gasteiger partial charge is 0.376 e. The summed E-state index contributed by atoms with van der Waals surface area (Å²) in [6, 6.07) is 22.0. The zero-order valence-electron chi connectivity index (χ0n) is 16.6. The molecule has 1 heterocycles. The third-order valence-corrected chi connectivity index (χ3v) is 5.30. The molecular formula is C24H20BrFN4O. The molecule has 0 aliphatic carbocycles. The van der Waals surface area contributed by atoms with Gasteiger partial charge >= 0.3 is 0 Å². The Balaban J connectivity index is 1.42. The summed E-state index contributed by atoms with van der Waals surface area (Å²) >= 11 is 3.38. The summed E-state index contributed by atoms with van der Waals surface area (Å²) in [7, 11) is 0. The Bertz CT molecular complexity index is 1220. The van der Waals surface area contributed by atoms with E-state index in [4.69, 9.17) is 0 Å². The molecule has 4 aromatic rings. The quantitative estimate of drug-likeness (QED) is 0.285. The molecule has 0 aliphatic heterocycles. The number of amides is 1. The van der Waals surface area contributed by atoms with Gasteiger partial charge in [-0.25, -0.2) is 9.82 Å². The number of hydrazone groups is 1. The van der Waals surface area contributed by atoms with Crippen LogP contribution in [0.15, 0.2) is 88.6 Å². The minimum Gasteiger partial charge on any atom is -0.376 e. The number of aromatic nitrogens is 1. The Morgan fingerprint density at radius 1 is 1.03 bits per heavy atom. The van der Waals surface area contributed by atoms with E-state index in [1.165, 1.54) is 12.1 Å². The van der Waals surface area contributed by atoms with Gasteiger partial charge in [0.2, 0.25) is 0 Å². The molecule has 0 fully saturated rings. The average Bonchev–Trinajstić information content (AvgIpc) is 3.12. The number of hydrogen-bond donors (Lipinski definition) is 2. The molecule has 31 heavy (non-hydrogen) atoms. The highest BCUT2D eigenvalue weighted by Gasteiger charge is 2.08. The first-order valence-corrected chi connectivity index (χ1v) is 10.5. The number of benzene rings is 3. The highest BCUT2D eigenvalue weighted by Crippen LogP contribution is 2.21. The van der Waals surface area contributed by atoms with Crippen molar-refractivity contribution < 1.29 is 9.18 Å². The molecule has 1 amide bonds. The topological polar surface area (TPSA) is 58.4 Å². The smallest absolute Gasteiger partial charge is 0.259 e. The van der Waals surface area contributed by atoms with Crippen LogP contribution in [0.4, 0.5) is 10.1 Å². The number of carbonyl (C=O) groups excluding carboxylic acids is 1. The van der Waals surface area contributed by atoms with E-state index in [9.17, 15) is 9.18 Å². The van der Waals surface area contributed by atoms with Gasteiger partial charge in [0, 0.05) is 39.4 Å². The molecule has 0 saturated heterocycles. The van der Waals surface area contributed by atoms with Crippen LogP contribution in [-0.2, 0) is 11.3 Å². The van der Waals surface area contributed by atoms with Gasteiger partial charge in [0.15, 0.2) is 0 Å². The van der Waals surface area contributed by atoms with Crippen molar-refractivity contribution in [2.75, 3.05) is 11.9 Å². The molecule has 0 atom stereocenters. The molecule has 0 aliphatic rings. The molecule has 5 nitrogen and oxygen atoms in total. The molecule has 156 valence electrons. The number of rotatable bonds is 7. The third kappa shape index (κ3) is 5.38. The van der Waals surface area contributed by atoms with Gasteiger partial charge in [-0.3, -0.25) is 4.79 Å². The number of halogens is 2. The normalized spacial score (nSPS) is 11.2. The summed E-state index contributed by atoms with van der Waals surface area (Å²) in [4.78, 5) is 12.1. The molecule has 3 aromatic carbocycles. The summed E-state index contributed by atoms with van der Waals surface area (Å²) in [6.07, 6.45) is 3.62. The molecule has 4 rings (SSSR count).